The number of H-pyrrole nitrogens is 1. The molecule has 5 heterocycles. The molecule has 0 amide bonds. The first-order valence-corrected chi connectivity index (χ1v) is 16.3. The lowest BCUT2D eigenvalue weighted by Crippen LogP contribution is -2.35. The number of nitrogens with one attached hydrogen (secondary N) is 3. The van der Waals surface area contributed by atoms with Crippen LogP contribution in [-0.4, -0.2) is 89.1 Å². The molecule has 5 rings (SSSR count). The molecule has 4 aromatic heterocycles. The van der Waals surface area contributed by atoms with Gasteiger partial charge in [-0.3, -0.25) is 29.1 Å². The maximum atomic E-state index is 12.6. The molecule has 26 heteroatoms. The molecular weight excluding hydrogens is 669 g/mol. The van der Waals surface area contributed by atoms with Gasteiger partial charge >= 0.3 is 29.5 Å². The first-order chi connectivity index (χ1) is 21.2. The Kier molecular flexibility index (Phi) is 8.90. The number of phosphoric acid groups is 3. The predicted molar refractivity (Wildman–Crippen MR) is 146 cm³/mol. The van der Waals surface area contributed by atoms with Gasteiger partial charge in [-0.15, -0.1) is 0 Å². The highest BCUT2D eigenvalue weighted by Gasteiger charge is 2.50. The topological polar surface area (TPSA) is 321 Å². The molecule has 0 spiro atoms. The zero-order valence-electron chi connectivity index (χ0n) is 21.9. The fourth-order valence-electron chi connectivity index (χ4n) is 4.01. The molecular formula is C19H19N10O13P3. The molecule has 1 aliphatic heterocycles. The fourth-order valence-corrected chi connectivity index (χ4v) is 6.56. The molecule has 1 fully saturated rings. The van der Waals surface area contributed by atoms with Crippen molar-refractivity contribution in [2.75, 3.05) is 17.2 Å². The van der Waals surface area contributed by atoms with Gasteiger partial charge in [0.25, 0.3) is 0 Å². The number of rotatable bonds is 12. The summed E-state index contributed by atoms with van der Waals surface area (Å²) in [6.07, 6.45) is 6.73. The molecule has 8 N–H and O–H groups in total. The van der Waals surface area contributed by atoms with Crippen LogP contribution in [0.25, 0.3) is 22.3 Å². The number of imidazole rings is 2. The van der Waals surface area contributed by atoms with Crippen molar-refractivity contribution in [2.45, 2.75) is 24.5 Å². The minimum Gasteiger partial charge on any atom is -0.387 e. The van der Waals surface area contributed by atoms with E-state index in [2.05, 4.69) is 61.9 Å². The zero-order chi connectivity index (χ0) is 32.6. The van der Waals surface area contributed by atoms with Crippen molar-refractivity contribution >= 4 is 57.4 Å². The molecule has 45 heavy (non-hydrogen) atoms. The van der Waals surface area contributed by atoms with Gasteiger partial charge in [-0.05, 0) is 0 Å². The fraction of sp³-hybridized carbons (Fsp3) is 0.263. The Morgan fingerprint density at radius 2 is 1.69 bits per heavy atom. The van der Waals surface area contributed by atoms with Gasteiger partial charge < -0.3 is 34.0 Å². The largest absolute Gasteiger partial charge is 0.538 e. The highest BCUT2D eigenvalue weighted by atomic mass is 31.3. The van der Waals surface area contributed by atoms with Crippen molar-refractivity contribution in [1.82, 2.24) is 39.5 Å². The van der Waals surface area contributed by atoms with E-state index in [0.29, 0.717) is 0 Å². The van der Waals surface area contributed by atoms with Crippen molar-refractivity contribution in [2.24, 2.45) is 0 Å². The Morgan fingerprint density at radius 1 is 1.00 bits per heavy atom. The average molecular weight is 688 g/mol. The van der Waals surface area contributed by atoms with Crippen molar-refractivity contribution in [1.29, 1.82) is 0 Å². The van der Waals surface area contributed by atoms with Crippen LogP contribution >= 0.6 is 23.5 Å². The number of fused-ring (bicyclic) bond motifs is 2. The van der Waals surface area contributed by atoms with Crippen molar-refractivity contribution in [3.63, 3.8) is 0 Å². The van der Waals surface area contributed by atoms with Gasteiger partial charge in [0.2, 0.25) is 0 Å². The number of aromatic nitrogens is 8. The quantitative estimate of drug-likeness (QED) is 0.0530. The molecule has 238 valence electrons. The Hall–Kier alpha value is -4.05. The van der Waals surface area contributed by atoms with Crippen LogP contribution in [0, 0.1) is 24.9 Å². The summed E-state index contributed by atoms with van der Waals surface area (Å²) in [6, 6.07) is 3.58. The molecule has 1 saturated heterocycles. The minimum atomic E-state index is -5.48. The standard InChI is InChI=1S/C19H19N10O13P3/c1-3-20-14-10-16(24-6-22-14)28-19(27-10)41-45(36,37)42-44(34,35)38-5-9-12(30)13(40-43(31,32)33)18(39-9)29-8-26-11-15(21-4-2)23-7-25-17(11)29/h1-2,6-9,12-13,18,30H,5H2,(H,34,35)(H,36,37)(H,21,23,25)(H2,31,32,33)(H2,20,22,24,27,28)/t9-,12-,13-,18-/m1/s1. The number of phosphoric ester groups is 3. The molecule has 2 unspecified atom stereocenters. The third-order valence-corrected chi connectivity index (χ3v) is 8.71. The molecule has 0 aromatic carbocycles. The van der Waals surface area contributed by atoms with E-state index in [-0.39, 0.29) is 34.0 Å². The number of aromatic amines is 1. The van der Waals surface area contributed by atoms with E-state index in [9.17, 15) is 38.4 Å². The number of anilines is 2. The second-order valence-electron chi connectivity index (χ2n) is 8.57. The molecule has 0 radical (unpaired) electrons. The number of hydrogen-bond acceptors (Lipinski definition) is 17. The average Bonchev–Trinajstić information content (AvgIpc) is 3.63. The number of ether oxygens (including phenoxy) is 1. The van der Waals surface area contributed by atoms with E-state index < -0.39 is 60.6 Å². The summed E-state index contributed by atoms with van der Waals surface area (Å²) in [4.78, 5) is 64.9. The number of hydrogen-bond donors (Lipinski definition) is 8. The van der Waals surface area contributed by atoms with E-state index in [1.54, 1.807) is 0 Å². The van der Waals surface area contributed by atoms with Crippen LogP contribution in [0.1, 0.15) is 6.23 Å². The van der Waals surface area contributed by atoms with Gasteiger partial charge in [-0.2, -0.15) is 9.29 Å². The van der Waals surface area contributed by atoms with Crippen LogP contribution in [0.2, 0.25) is 0 Å². The normalized spacial score (nSPS) is 22.7. The maximum Gasteiger partial charge on any atom is 0.538 e. The van der Waals surface area contributed by atoms with Crippen molar-refractivity contribution < 1.29 is 61.0 Å². The van der Waals surface area contributed by atoms with Gasteiger partial charge in [0.05, 0.1) is 12.9 Å². The number of nitrogens with zero attached hydrogens (tertiary/aromatic N) is 7. The third kappa shape index (κ3) is 7.27. The van der Waals surface area contributed by atoms with Crippen LogP contribution < -0.4 is 15.2 Å². The summed E-state index contributed by atoms with van der Waals surface area (Å²) in [6.45, 7) is -1.04. The van der Waals surface area contributed by atoms with Crippen molar-refractivity contribution in [3.05, 3.63) is 19.0 Å². The molecule has 0 saturated carbocycles. The van der Waals surface area contributed by atoms with Crippen LogP contribution in [-0.2, 0) is 31.8 Å². The van der Waals surface area contributed by atoms with Gasteiger partial charge in [0.1, 0.15) is 36.5 Å². The second kappa shape index (κ2) is 12.4. The summed E-state index contributed by atoms with van der Waals surface area (Å²) >= 11 is 0. The SMILES string of the molecule is C#CNc1ncnc2c1ncn2[C@@H]1O[C@H](COP(=O)(O)OP(=O)(O)Oc2nc3ncnc(NC#C)c3[nH]2)[C@@H](O)[C@H]1OP(=O)(O)O. The number of aliphatic hydroxyl groups excluding tert-OH is 1. The first-order valence-electron chi connectivity index (χ1n) is 11.8. The minimum absolute atomic E-state index is 0.0223. The Morgan fingerprint density at radius 3 is 2.40 bits per heavy atom. The highest BCUT2D eigenvalue weighted by molar-refractivity contribution is 7.61. The lowest BCUT2D eigenvalue weighted by Gasteiger charge is -2.22. The Labute approximate surface area is 249 Å². The van der Waals surface area contributed by atoms with E-state index in [1.165, 1.54) is 0 Å². The zero-order valence-corrected chi connectivity index (χ0v) is 24.6. The number of aliphatic hydroxyl groups is 1. The maximum absolute atomic E-state index is 12.6. The predicted octanol–water partition coefficient (Wildman–Crippen LogP) is -0.453. The van der Waals surface area contributed by atoms with Crippen LogP contribution in [0.4, 0.5) is 11.6 Å². The Bertz CT molecular complexity index is 1970. The molecule has 0 bridgehead atoms. The molecule has 4 aromatic rings. The van der Waals surface area contributed by atoms with Gasteiger partial charge in [0, 0.05) is 12.1 Å². The lowest BCUT2D eigenvalue weighted by atomic mass is 10.1. The van der Waals surface area contributed by atoms with E-state index >= 15 is 0 Å². The smallest absolute Gasteiger partial charge is 0.387 e. The van der Waals surface area contributed by atoms with Gasteiger partial charge in [-0.25, -0.2) is 38.6 Å². The summed E-state index contributed by atoms with van der Waals surface area (Å²) in [5, 5.41) is 15.7. The summed E-state index contributed by atoms with van der Waals surface area (Å²) in [7, 11) is -16.2. The molecule has 0 aliphatic carbocycles. The van der Waals surface area contributed by atoms with Crippen molar-refractivity contribution in [3.8, 4) is 30.9 Å². The first kappa shape index (κ1) is 32.3. The second-order valence-corrected chi connectivity index (χ2v) is 12.7. The van der Waals surface area contributed by atoms with Crippen LogP contribution in [0.15, 0.2) is 19.0 Å². The molecule has 1 aliphatic rings. The summed E-state index contributed by atoms with van der Waals surface area (Å²) in [5.41, 5.74) is 0.128. The van der Waals surface area contributed by atoms with Gasteiger partial charge in [0.15, 0.2) is 34.7 Å². The van der Waals surface area contributed by atoms with Crippen LogP contribution in [0.3, 0.4) is 0 Å². The van der Waals surface area contributed by atoms with E-state index in [4.69, 9.17) is 31.2 Å². The summed E-state index contributed by atoms with van der Waals surface area (Å²) in [5.74, 6) is 0.159. The summed E-state index contributed by atoms with van der Waals surface area (Å²) < 4.78 is 61.9. The Balaban J connectivity index is 1.30. The number of terminal acetylenes is 2. The highest BCUT2D eigenvalue weighted by Crippen LogP contribution is 2.60. The van der Waals surface area contributed by atoms with Crippen LogP contribution in [0.5, 0.6) is 6.01 Å². The third-order valence-electron chi connectivity index (χ3n) is 5.66. The lowest BCUT2D eigenvalue weighted by molar-refractivity contribution is -0.0497. The van der Waals surface area contributed by atoms with E-state index in [1.807, 2.05) is 0 Å². The molecule has 6 atom stereocenters. The monoisotopic (exact) mass is 688 g/mol. The van der Waals surface area contributed by atoms with E-state index in [0.717, 1.165) is 23.5 Å². The van der Waals surface area contributed by atoms with Gasteiger partial charge in [-0.1, -0.05) is 12.8 Å². The molecule has 23 nitrogen and oxygen atoms in total.